The van der Waals surface area contributed by atoms with E-state index in [-0.39, 0.29) is 11.9 Å². The van der Waals surface area contributed by atoms with E-state index < -0.39 is 0 Å². The molecule has 0 bridgehead atoms. The summed E-state index contributed by atoms with van der Waals surface area (Å²) in [5.41, 5.74) is 1.51. The van der Waals surface area contributed by atoms with E-state index in [1.807, 2.05) is 38.1 Å². The van der Waals surface area contributed by atoms with Crippen molar-refractivity contribution in [3.05, 3.63) is 66.0 Å². The third-order valence-corrected chi connectivity index (χ3v) is 2.60. The Labute approximate surface area is 118 Å². The molecule has 0 atom stereocenters. The monoisotopic (exact) mass is 267 g/mol. The fourth-order valence-electron chi connectivity index (χ4n) is 1.74. The van der Waals surface area contributed by atoms with Crippen molar-refractivity contribution in [2.45, 2.75) is 20.0 Å². The zero-order valence-electron chi connectivity index (χ0n) is 11.6. The number of hydrogen-bond donors (Lipinski definition) is 0. The van der Waals surface area contributed by atoms with Gasteiger partial charge in [0, 0.05) is 18.0 Å². The Morgan fingerprint density at radius 1 is 1.25 bits per heavy atom. The van der Waals surface area contributed by atoms with E-state index in [0.29, 0.717) is 5.56 Å². The highest BCUT2D eigenvalue weighted by molar-refractivity contribution is 6.06. The number of aromatic nitrogens is 1. The maximum Gasteiger partial charge on any atom is 0.187 e. The van der Waals surface area contributed by atoms with Crippen LogP contribution in [0.4, 0.5) is 0 Å². The van der Waals surface area contributed by atoms with Crippen molar-refractivity contribution < 1.29 is 9.53 Å². The predicted octanol–water partition coefficient (Wildman–Crippen LogP) is 3.76. The summed E-state index contributed by atoms with van der Waals surface area (Å²) >= 11 is 0. The van der Waals surface area contributed by atoms with Crippen LogP contribution in [0, 0.1) is 0 Å². The standard InChI is InChI=1S/C17H17NO2/c1-13(2)20-16-7-3-5-14(11-16)8-9-17(19)15-6-4-10-18-12-15/h3-13H,1-2H3/b9-8+. The van der Waals surface area contributed by atoms with E-state index in [0.717, 1.165) is 11.3 Å². The molecule has 3 nitrogen and oxygen atoms in total. The van der Waals surface area contributed by atoms with Crippen LogP contribution < -0.4 is 4.74 Å². The van der Waals surface area contributed by atoms with E-state index in [4.69, 9.17) is 4.74 Å². The molecular formula is C17H17NO2. The Hall–Kier alpha value is -2.42. The maximum absolute atomic E-state index is 11.9. The first-order valence-corrected chi connectivity index (χ1v) is 6.54. The van der Waals surface area contributed by atoms with Gasteiger partial charge in [-0.2, -0.15) is 0 Å². The molecule has 0 amide bonds. The first-order chi connectivity index (χ1) is 9.65. The van der Waals surface area contributed by atoms with Crippen molar-refractivity contribution >= 4 is 11.9 Å². The van der Waals surface area contributed by atoms with Crippen LogP contribution in [0.5, 0.6) is 5.75 Å². The molecule has 3 heteroatoms. The summed E-state index contributed by atoms with van der Waals surface area (Å²) in [6, 6.07) is 11.1. The van der Waals surface area contributed by atoms with E-state index >= 15 is 0 Å². The fourth-order valence-corrected chi connectivity index (χ4v) is 1.74. The lowest BCUT2D eigenvalue weighted by Crippen LogP contribution is -2.05. The molecule has 0 aliphatic heterocycles. The first-order valence-electron chi connectivity index (χ1n) is 6.54. The van der Waals surface area contributed by atoms with Crippen LogP contribution in [0.3, 0.4) is 0 Å². The fraction of sp³-hybridized carbons (Fsp3) is 0.176. The van der Waals surface area contributed by atoms with Gasteiger partial charge in [-0.1, -0.05) is 18.2 Å². The van der Waals surface area contributed by atoms with E-state index in [1.165, 1.54) is 0 Å². The topological polar surface area (TPSA) is 39.2 Å². The van der Waals surface area contributed by atoms with Gasteiger partial charge in [0.2, 0.25) is 0 Å². The van der Waals surface area contributed by atoms with Crippen molar-refractivity contribution in [1.29, 1.82) is 0 Å². The van der Waals surface area contributed by atoms with Crippen LogP contribution in [0.15, 0.2) is 54.9 Å². The summed E-state index contributed by atoms with van der Waals surface area (Å²) < 4.78 is 5.62. The molecule has 1 heterocycles. The van der Waals surface area contributed by atoms with Crippen molar-refractivity contribution in [3.8, 4) is 5.75 Å². The zero-order chi connectivity index (χ0) is 14.4. The highest BCUT2D eigenvalue weighted by Crippen LogP contribution is 2.16. The summed E-state index contributed by atoms with van der Waals surface area (Å²) in [5, 5.41) is 0. The number of allylic oxidation sites excluding steroid dienone is 1. The highest BCUT2D eigenvalue weighted by Gasteiger charge is 2.01. The van der Waals surface area contributed by atoms with E-state index in [9.17, 15) is 4.79 Å². The van der Waals surface area contributed by atoms with Gasteiger partial charge in [-0.3, -0.25) is 9.78 Å². The molecule has 0 radical (unpaired) electrons. The van der Waals surface area contributed by atoms with Crippen LogP contribution in [-0.4, -0.2) is 16.9 Å². The summed E-state index contributed by atoms with van der Waals surface area (Å²) in [4.78, 5) is 15.9. The lowest BCUT2D eigenvalue weighted by molar-refractivity contribution is 0.104. The van der Waals surface area contributed by atoms with Crippen molar-refractivity contribution in [3.63, 3.8) is 0 Å². The van der Waals surface area contributed by atoms with Gasteiger partial charge in [-0.25, -0.2) is 0 Å². The molecule has 0 spiro atoms. The Kier molecular flexibility index (Phi) is 4.66. The summed E-state index contributed by atoms with van der Waals surface area (Å²) in [7, 11) is 0. The molecule has 0 saturated heterocycles. The van der Waals surface area contributed by atoms with Gasteiger partial charge in [0.1, 0.15) is 5.75 Å². The molecule has 0 saturated carbocycles. The second kappa shape index (κ2) is 6.66. The zero-order valence-corrected chi connectivity index (χ0v) is 11.6. The van der Waals surface area contributed by atoms with Crippen molar-refractivity contribution in [2.24, 2.45) is 0 Å². The molecule has 1 aromatic heterocycles. The number of ketones is 1. The molecule has 0 N–H and O–H groups in total. The van der Waals surface area contributed by atoms with Gasteiger partial charge in [0.15, 0.2) is 5.78 Å². The Bertz CT molecular complexity index is 603. The van der Waals surface area contributed by atoms with Crippen LogP contribution in [0.2, 0.25) is 0 Å². The average molecular weight is 267 g/mol. The molecule has 0 unspecified atom stereocenters. The summed E-state index contributed by atoms with van der Waals surface area (Å²) in [5.74, 6) is 0.740. The quantitative estimate of drug-likeness (QED) is 0.611. The van der Waals surface area contributed by atoms with E-state index in [2.05, 4.69) is 4.98 Å². The Balaban J connectivity index is 2.09. The third kappa shape index (κ3) is 4.05. The average Bonchev–Trinajstić information content (AvgIpc) is 2.45. The largest absolute Gasteiger partial charge is 0.491 e. The molecule has 20 heavy (non-hydrogen) atoms. The minimum absolute atomic E-state index is 0.0618. The van der Waals surface area contributed by atoms with Crippen LogP contribution in [0.1, 0.15) is 29.8 Å². The molecule has 102 valence electrons. The van der Waals surface area contributed by atoms with Crippen LogP contribution in [-0.2, 0) is 0 Å². The minimum Gasteiger partial charge on any atom is -0.491 e. The number of carbonyl (C=O) groups excluding carboxylic acids is 1. The number of benzene rings is 1. The smallest absolute Gasteiger partial charge is 0.187 e. The summed E-state index contributed by atoms with van der Waals surface area (Å²) in [6.45, 7) is 3.96. The second-order valence-corrected chi connectivity index (χ2v) is 4.68. The number of nitrogens with zero attached hydrogens (tertiary/aromatic N) is 1. The number of hydrogen-bond acceptors (Lipinski definition) is 3. The van der Waals surface area contributed by atoms with E-state index in [1.54, 1.807) is 36.7 Å². The second-order valence-electron chi connectivity index (χ2n) is 4.68. The normalized spacial score (nSPS) is 10.9. The molecular weight excluding hydrogens is 250 g/mol. The van der Waals surface area contributed by atoms with Gasteiger partial charge < -0.3 is 4.74 Å². The minimum atomic E-state index is -0.0618. The number of ether oxygens (including phenoxy) is 1. The lowest BCUT2D eigenvalue weighted by atomic mass is 10.1. The van der Waals surface area contributed by atoms with Gasteiger partial charge >= 0.3 is 0 Å². The molecule has 1 aromatic carbocycles. The van der Waals surface area contributed by atoms with Crippen LogP contribution in [0.25, 0.3) is 6.08 Å². The highest BCUT2D eigenvalue weighted by atomic mass is 16.5. The molecule has 0 fully saturated rings. The maximum atomic E-state index is 11.9. The number of pyridine rings is 1. The van der Waals surface area contributed by atoms with Gasteiger partial charge in [-0.15, -0.1) is 0 Å². The first kappa shape index (κ1) is 14.0. The lowest BCUT2D eigenvalue weighted by Gasteiger charge is -2.09. The van der Waals surface area contributed by atoms with Crippen LogP contribution >= 0.6 is 0 Å². The molecule has 0 aliphatic rings. The third-order valence-electron chi connectivity index (χ3n) is 2.60. The SMILES string of the molecule is CC(C)Oc1cccc(/C=C/C(=O)c2cccnc2)c1. The predicted molar refractivity (Wildman–Crippen MR) is 79.8 cm³/mol. The molecule has 0 aliphatic carbocycles. The Morgan fingerprint density at radius 2 is 2.10 bits per heavy atom. The van der Waals surface area contributed by atoms with Gasteiger partial charge in [0.05, 0.1) is 6.10 Å². The van der Waals surface area contributed by atoms with Gasteiger partial charge in [-0.05, 0) is 49.8 Å². The van der Waals surface area contributed by atoms with Crippen molar-refractivity contribution in [1.82, 2.24) is 4.98 Å². The molecule has 2 rings (SSSR count). The Morgan fingerprint density at radius 3 is 2.80 bits per heavy atom. The molecule has 2 aromatic rings. The van der Waals surface area contributed by atoms with Gasteiger partial charge in [0.25, 0.3) is 0 Å². The number of carbonyl (C=O) groups is 1. The summed E-state index contributed by atoms with van der Waals surface area (Å²) in [6.07, 6.45) is 6.66. The van der Waals surface area contributed by atoms with Crippen molar-refractivity contribution in [2.75, 3.05) is 0 Å². The number of rotatable bonds is 5.